The number of ether oxygens (including phenoxy) is 1. The van der Waals surface area contributed by atoms with Gasteiger partial charge in [0.25, 0.3) is 0 Å². The first-order chi connectivity index (χ1) is 8.90. The molecule has 2 rings (SSSR count). The van der Waals surface area contributed by atoms with E-state index in [-0.39, 0.29) is 24.0 Å². The van der Waals surface area contributed by atoms with Crippen molar-refractivity contribution in [3.63, 3.8) is 0 Å². The maximum atomic E-state index is 12.1. The minimum atomic E-state index is -0.468. The number of amides is 1. The summed E-state index contributed by atoms with van der Waals surface area (Å²) in [5, 5.41) is 0. The first-order valence-electron chi connectivity index (χ1n) is 6.95. The number of hydrogen-bond acceptors (Lipinski definition) is 4. The van der Waals surface area contributed by atoms with Crippen LogP contribution in [0.5, 0.6) is 0 Å². The number of fused-ring (bicyclic) bond motifs is 2. The lowest BCUT2D eigenvalue weighted by Gasteiger charge is -2.44. The molecule has 2 fully saturated rings. The van der Waals surface area contributed by atoms with Gasteiger partial charge in [-0.25, -0.2) is 14.6 Å². The summed E-state index contributed by atoms with van der Waals surface area (Å²) in [6.45, 7) is 6.89. The van der Waals surface area contributed by atoms with Crippen molar-refractivity contribution in [3.05, 3.63) is 0 Å². The van der Waals surface area contributed by atoms with Crippen LogP contribution in [0.25, 0.3) is 0 Å². The average Bonchev–Trinajstić information content (AvgIpc) is 2.26. The molecule has 0 aromatic carbocycles. The molecule has 1 heterocycles. The van der Waals surface area contributed by atoms with Gasteiger partial charge in [-0.1, -0.05) is 6.42 Å². The summed E-state index contributed by atoms with van der Waals surface area (Å²) < 4.78 is 5.42. The van der Waals surface area contributed by atoms with Crippen LogP contribution in [0.15, 0.2) is 4.99 Å². The van der Waals surface area contributed by atoms with Crippen LogP contribution in [0.1, 0.15) is 40.0 Å². The monoisotopic (exact) mass is 266 g/mol. The molecule has 19 heavy (non-hydrogen) atoms. The predicted octanol–water partition coefficient (Wildman–Crippen LogP) is 2.36. The Kier molecular flexibility index (Phi) is 3.95. The zero-order valence-corrected chi connectivity index (χ0v) is 11.9. The van der Waals surface area contributed by atoms with Gasteiger partial charge in [0.2, 0.25) is 6.08 Å². The summed E-state index contributed by atoms with van der Waals surface area (Å²) in [7, 11) is 0. The van der Waals surface area contributed by atoms with Gasteiger partial charge in [0.05, 0.1) is 6.04 Å². The highest BCUT2D eigenvalue weighted by atomic mass is 16.6. The van der Waals surface area contributed by atoms with E-state index in [9.17, 15) is 9.59 Å². The maximum absolute atomic E-state index is 12.1. The summed E-state index contributed by atoms with van der Waals surface area (Å²) in [4.78, 5) is 28.3. The minimum absolute atomic E-state index is 0.0462. The number of piperidine rings is 1. The Labute approximate surface area is 114 Å². The highest BCUT2D eigenvalue weighted by Gasteiger charge is 2.41. The standard InChI is InChI=1S/C14H22N2O3/c1-14(2,3)19-13(18)16-7-10-5-4-6-11(8-16)12(10)15-9-17/h10-12H,4-8H2,1-3H3. The van der Waals surface area contributed by atoms with E-state index < -0.39 is 5.60 Å². The largest absolute Gasteiger partial charge is 0.444 e. The topological polar surface area (TPSA) is 59.0 Å². The van der Waals surface area contributed by atoms with Crippen LogP contribution in [0.2, 0.25) is 0 Å². The highest BCUT2D eigenvalue weighted by Crippen LogP contribution is 2.37. The molecule has 2 atom stereocenters. The van der Waals surface area contributed by atoms with E-state index >= 15 is 0 Å². The third kappa shape index (κ3) is 3.35. The van der Waals surface area contributed by atoms with Gasteiger partial charge in [-0.2, -0.15) is 0 Å². The molecular weight excluding hydrogens is 244 g/mol. The first-order valence-corrected chi connectivity index (χ1v) is 6.95. The maximum Gasteiger partial charge on any atom is 0.410 e. The quantitative estimate of drug-likeness (QED) is 0.540. The van der Waals surface area contributed by atoms with Crippen molar-refractivity contribution < 1.29 is 14.3 Å². The molecule has 0 aromatic rings. The molecule has 2 bridgehead atoms. The SMILES string of the molecule is CC(C)(C)OC(=O)N1CC2CCCC(C1)C2N=C=O. The van der Waals surface area contributed by atoms with Gasteiger partial charge in [0.15, 0.2) is 0 Å². The Balaban J connectivity index is 2.04. The Morgan fingerprint density at radius 1 is 1.26 bits per heavy atom. The minimum Gasteiger partial charge on any atom is -0.444 e. The number of likely N-dealkylation sites (tertiary alicyclic amines) is 1. The van der Waals surface area contributed by atoms with Crippen LogP contribution in [-0.4, -0.2) is 41.8 Å². The predicted molar refractivity (Wildman–Crippen MR) is 70.5 cm³/mol. The molecule has 1 aliphatic heterocycles. The van der Waals surface area contributed by atoms with E-state index in [4.69, 9.17) is 4.74 Å². The number of nitrogens with zero attached hydrogens (tertiary/aromatic N) is 2. The normalized spacial score (nSPS) is 30.5. The fraction of sp³-hybridized carbons (Fsp3) is 0.857. The zero-order chi connectivity index (χ0) is 14.0. The van der Waals surface area contributed by atoms with Crippen molar-refractivity contribution in [2.75, 3.05) is 13.1 Å². The third-order valence-electron chi connectivity index (χ3n) is 3.88. The van der Waals surface area contributed by atoms with Gasteiger partial charge in [-0.3, -0.25) is 0 Å². The van der Waals surface area contributed by atoms with Crippen LogP contribution in [0, 0.1) is 11.8 Å². The number of carbonyl (C=O) groups excluding carboxylic acids is 2. The summed E-state index contributed by atoms with van der Waals surface area (Å²) in [5.74, 6) is 0.558. The lowest BCUT2D eigenvalue weighted by molar-refractivity contribution is -0.00130. The lowest BCUT2D eigenvalue weighted by atomic mass is 9.74. The molecule has 5 nitrogen and oxygen atoms in total. The fourth-order valence-corrected chi connectivity index (χ4v) is 3.16. The number of carbonyl (C=O) groups is 1. The van der Waals surface area contributed by atoms with Gasteiger partial charge in [0, 0.05) is 24.9 Å². The van der Waals surface area contributed by atoms with Crippen molar-refractivity contribution in [1.82, 2.24) is 4.90 Å². The van der Waals surface area contributed by atoms with E-state index in [0.717, 1.165) is 19.3 Å². The Morgan fingerprint density at radius 2 is 1.84 bits per heavy atom. The molecule has 1 saturated heterocycles. The molecule has 1 saturated carbocycles. The third-order valence-corrected chi connectivity index (χ3v) is 3.88. The van der Waals surface area contributed by atoms with Crippen molar-refractivity contribution in [3.8, 4) is 0 Å². The molecule has 2 unspecified atom stereocenters. The summed E-state index contributed by atoms with van der Waals surface area (Å²) in [5.41, 5.74) is -0.468. The Hall–Kier alpha value is -1.35. The molecule has 0 aromatic heterocycles. The van der Waals surface area contributed by atoms with Crippen molar-refractivity contribution in [2.24, 2.45) is 16.8 Å². The second-order valence-corrected chi connectivity index (χ2v) is 6.55. The van der Waals surface area contributed by atoms with E-state index in [1.165, 1.54) is 0 Å². The molecule has 1 aliphatic carbocycles. The molecule has 2 aliphatic rings. The molecule has 0 N–H and O–H groups in total. The van der Waals surface area contributed by atoms with E-state index in [1.807, 2.05) is 20.8 Å². The van der Waals surface area contributed by atoms with Crippen molar-refractivity contribution in [1.29, 1.82) is 0 Å². The first kappa shape index (κ1) is 14.1. The van der Waals surface area contributed by atoms with Crippen LogP contribution >= 0.6 is 0 Å². The Bertz CT molecular complexity index is 382. The number of aliphatic imine (C=N–C) groups is 1. The van der Waals surface area contributed by atoms with Crippen LogP contribution in [-0.2, 0) is 9.53 Å². The highest BCUT2D eigenvalue weighted by molar-refractivity contribution is 5.68. The van der Waals surface area contributed by atoms with Gasteiger partial charge >= 0.3 is 6.09 Å². The second-order valence-electron chi connectivity index (χ2n) is 6.55. The van der Waals surface area contributed by atoms with Crippen LogP contribution in [0.3, 0.4) is 0 Å². The second kappa shape index (κ2) is 5.33. The average molecular weight is 266 g/mol. The number of isocyanates is 1. The zero-order valence-electron chi connectivity index (χ0n) is 11.9. The summed E-state index contributed by atoms with van der Waals surface area (Å²) >= 11 is 0. The lowest BCUT2D eigenvalue weighted by Crippen LogP contribution is -2.53. The Morgan fingerprint density at radius 3 is 2.32 bits per heavy atom. The van der Waals surface area contributed by atoms with Gasteiger partial charge in [-0.15, -0.1) is 0 Å². The molecule has 0 radical (unpaired) electrons. The smallest absolute Gasteiger partial charge is 0.410 e. The van der Waals surface area contributed by atoms with E-state index in [0.29, 0.717) is 13.1 Å². The molecule has 0 spiro atoms. The number of hydrogen-bond donors (Lipinski definition) is 0. The van der Waals surface area contributed by atoms with Gasteiger partial charge in [-0.05, 0) is 33.6 Å². The number of rotatable bonds is 1. The van der Waals surface area contributed by atoms with Gasteiger partial charge < -0.3 is 9.64 Å². The molecular formula is C14H22N2O3. The van der Waals surface area contributed by atoms with Gasteiger partial charge in [0.1, 0.15) is 5.60 Å². The van der Waals surface area contributed by atoms with Crippen LogP contribution < -0.4 is 0 Å². The van der Waals surface area contributed by atoms with Crippen molar-refractivity contribution in [2.45, 2.75) is 51.7 Å². The van der Waals surface area contributed by atoms with E-state index in [1.54, 1.807) is 11.0 Å². The summed E-state index contributed by atoms with van der Waals surface area (Å²) in [6, 6.07) is 0.0462. The summed E-state index contributed by atoms with van der Waals surface area (Å²) in [6.07, 6.45) is 4.63. The van der Waals surface area contributed by atoms with E-state index in [2.05, 4.69) is 4.99 Å². The van der Waals surface area contributed by atoms with Crippen LogP contribution in [0.4, 0.5) is 4.79 Å². The molecule has 1 amide bonds. The van der Waals surface area contributed by atoms with Crippen molar-refractivity contribution >= 4 is 12.2 Å². The molecule has 106 valence electrons. The molecule has 5 heteroatoms. The fourth-order valence-electron chi connectivity index (χ4n) is 3.16.